The fourth-order valence-corrected chi connectivity index (χ4v) is 3.02. The Kier molecular flexibility index (Phi) is 6.06. The molecular formula is C18H22FN5O2. The predicted octanol–water partition coefficient (Wildman–Crippen LogP) is 2.00. The van der Waals surface area contributed by atoms with Crippen molar-refractivity contribution in [1.82, 2.24) is 19.9 Å². The van der Waals surface area contributed by atoms with E-state index in [1.54, 1.807) is 17.0 Å². The van der Waals surface area contributed by atoms with Gasteiger partial charge in [-0.1, -0.05) is 18.9 Å². The van der Waals surface area contributed by atoms with Crippen molar-refractivity contribution in [3.63, 3.8) is 0 Å². The zero-order chi connectivity index (χ0) is 18.4. The van der Waals surface area contributed by atoms with E-state index in [4.69, 9.17) is 5.11 Å². The normalized spacial score (nSPS) is 18.1. The molecular weight excluding hydrogens is 337 g/mol. The smallest absolute Gasteiger partial charge is 0.272 e. The number of halogens is 1. The van der Waals surface area contributed by atoms with Gasteiger partial charge >= 0.3 is 0 Å². The molecule has 0 aromatic carbocycles. The molecule has 138 valence electrons. The maximum atomic E-state index is 12.9. The summed E-state index contributed by atoms with van der Waals surface area (Å²) in [6.45, 7) is 1.08. The molecule has 2 aromatic heterocycles. The summed E-state index contributed by atoms with van der Waals surface area (Å²) in [6, 6.07) is 3.35. The van der Waals surface area contributed by atoms with Gasteiger partial charge in [-0.15, -0.1) is 0 Å². The molecule has 1 unspecified atom stereocenters. The van der Waals surface area contributed by atoms with Crippen LogP contribution in [0.1, 0.15) is 41.7 Å². The van der Waals surface area contributed by atoms with Crippen LogP contribution < -0.4 is 5.32 Å². The standard InChI is InChI=1S/C18H22FN5O2/c19-16-9-22-17(10-21-16)23-14-4-2-1-3-7-24(11-14)18(26)15-6-5-13(12-25)8-20-15/h5-6,8-10,14,25H,1-4,7,11-12H2,(H,22,23). The zero-order valence-corrected chi connectivity index (χ0v) is 14.4. The molecule has 0 bridgehead atoms. The van der Waals surface area contributed by atoms with Crippen LogP contribution in [0.4, 0.5) is 10.2 Å². The fraction of sp³-hybridized carbons (Fsp3) is 0.444. The van der Waals surface area contributed by atoms with Crippen LogP contribution in [0.5, 0.6) is 0 Å². The number of nitrogens with one attached hydrogen (secondary N) is 1. The van der Waals surface area contributed by atoms with E-state index in [0.29, 0.717) is 30.2 Å². The number of hydrogen-bond acceptors (Lipinski definition) is 6. The van der Waals surface area contributed by atoms with Gasteiger partial charge in [0.1, 0.15) is 11.5 Å². The Bertz CT molecular complexity index is 723. The molecule has 2 N–H and O–H groups in total. The number of pyridine rings is 1. The van der Waals surface area contributed by atoms with Crippen molar-refractivity contribution in [3.8, 4) is 0 Å². The number of aliphatic hydroxyl groups excluding tert-OH is 1. The van der Waals surface area contributed by atoms with Crippen LogP contribution in [-0.4, -0.2) is 50.0 Å². The van der Waals surface area contributed by atoms with Crippen molar-refractivity contribution in [3.05, 3.63) is 47.9 Å². The summed E-state index contributed by atoms with van der Waals surface area (Å²) in [6.07, 6.45) is 7.87. The Morgan fingerprint density at radius 3 is 2.77 bits per heavy atom. The van der Waals surface area contributed by atoms with Crippen LogP contribution in [0.25, 0.3) is 0 Å². The molecule has 2 aromatic rings. The Balaban J connectivity index is 1.70. The van der Waals surface area contributed by atoms with Gasteiger partial charge in [-0.2, -0.15) is 4.39 Å². The first-order valence-electron chi connectivity index (χ1n) is 8.75. The first kappa shape index (κ1) is 18.2. The highest BCUT2D eigenvalue weighted by molar-refractivity contribution is 5.92. The number of likely N-dealkylation sites (tertiary alicyclic amines) is 1. The Labute approximate surface area is 151 Å². The Hall–Kier alpha value is -2.61. The number of aromatic nitrogens is 3. The van der Waals surface area contributed by atoms with Crippen LogP contribution in [0.3, 0.4) is 0 Å². The summed E-state index contributed by atoms with van der Waals surface area (Å²) >= 11 is 0. The third-order valence-corrected chi connectivity index (χ3v) is 4.41. The molecule has 0 aliphatic carbocycles. The quantitative estimate of drug-likeness (QED) is 0.868. The monoisotopic (exact) mass is 359 g/mol. The van der Waals surface area contributed by atoms with E-state index in [9.17, 15) is 9.18 Å². The summed E-state index contributed by atoms with van der Waals surface area (Å²) in [7, 11) is 0. The van der Waals surface area contributed by atoms with E-state index in [2.05, 4.69) is 20.3 Å². The minimum Gasteiger partial charge on any atom is -0.392 e. The number of rotatable bonds is 4. The summed E-state index contributed by atoms with van der Waals surface area (Å²) in [4.78, 5) is 26.3. The number of hydrogen-bond donors (Lipinski definition) is 2. The molecule has 0 saturated carbocycles. The van der Waals surface area contributed by atoms with E-state index >= 15 is 0 Å². The second-order valence-electron chi connectivity index (χ2n) is 6.38. The van der Waals surface area contributed by atoms with Gasteiger partial charge in [-0.05, 0) is 24.5 Å². The lowest BCUT2D eigenvalue weighted by Crippen LogP contribution is -2.42. The first-order chi connectivity index (χ1) is 12.7. The summed E-state index contributed by atoms with van der Waals surface area (Å²) in [5.74, 6) is -0.259. The topological polar surface area (TPSA) is 91.2 Å². The molecule has 1 atom stereocenters. The number of carbonyl (C=O) groups is 1. The molecule has 1 saturated heterocycles. The Morgan fingerprint density at radius 1 is 1.19 bits per heavy atom. The van der Waals surface area contributed by atoms with Crippen molar-refractivity contribution in [2.45, 2.75) is 38.3 Å². The third-order valence-electron chi connectivity index (χ3n) is 4.41. The van der Waals surface area contributed by atoms with Crippen LogP contribution in [-0.2, 0) is 6.61 Å². The van der Waals surface area contributed by atoms with Gasteiger partial charge in [-0.3, -0.25) is 9.78 Å². The molecule has 0 spiro atoms. The molecule has 0 radical (unpaired) electrons. The van der Waals surface area contributed by atoms with E-state index in [1.165, 1.54) is 12.4 Å². The number of carbonyl (C=O) groups excluding carboxylic acids is 1. The Morgan fingerprint density at radius 2 is 2.08 bits per heavy atom. The molecule has 7 nitrogen and oxygen atoms in total. The van der Waals surface area contributed by atoms with E-state index in [-0.39, 0.29) is 18.6 Å². The van der Waals surface area contributed by atoms with Gasteiger partial charge in [0.2, 0.25) is 5.95 Å². The largest absolute Gasteiger partial charge is 0.392 e. The van der Waals surface area contributed by atoms with E-state index in [1.807, 2.05) is 0 Å². The highest BCUT2D eigenvalue weighted by Crippen LogP contribution is 2.16. The van der Waals surface area contributed by atoms with Gasteiger partial charge in [0.25, 0.3) is 5.91 Å². The van der Waals surface area contributed by atoms with Crippen LogP contribution in [0.15, 0.2) is 30.7 Å². The van der Waals surface area contributed by atoms with Crippen molar-refractivity contribution < 1.29 is 14.3 Å². The first-order valence-corrected chi connectivity index (χ1v) is 8.75. The SMILES string of the molecule is O=C(c1ccc(CO)cn1)N1CCCCCC(Nc2cnc(F)cn2)C1. The third kappa shape index (κ3) is 4.72. The van der Waals surface area contributed by atoms with Crippen molar-refractivity contribution >= 4 is 11.7 Å². The van der Waals surface area contributed by atoms with Crippen LogP contribution in [0, 0.1) is 5.95 Å². The average molecular weight is 359 g/mol. The summed E-state index contributed by atoms with van der Waals surface area (Å²) in [5.41, 5.74) is 1.03. The lowest BCUT2D eigenvalue weighted by Gasteiger charge is -2.30. The average Bonchev–Trinajstić information content (AvgIpc) is 2.65. The fourth-order valence-electron chi connectivity index (χ4n) is 3.02. The lowest BCUT2D eigenvalue weighted by atomic mass is 10.0. The van der Waals surface area contributed by atoms with Gasteiger partial charge in [0, 0.05) is 25.3 Å². The molecule has 1 amide bonds. The summed E-state index contributed by atoms with van der Waals surface area (Å²) in [5, 5.41) is 12.3. The van der Waals surface area contributed by atoms with Crippen molar-refractivity contribution in [2.75, 3.05) is 18.4 Å². The molecule has 3 rings (SSSR count). The lowest BCUT2D eigenvalue weighted by molar-refractivity contribution is 0.0729. The predicted molar refractivity (Wildman–Crippen MR) is 93.9 cm³/mol. The number of nitrogens with zero attached hydrogens (tertiary/aromatic N) is 4. The number of aliphatic hydroxyl groups is 1. The molecule has 8 heteroatoms. The molecule has 3 heterocycles. The minimum absolute atomic E-state index is 0.00993. The molecule has 26 heavy (non-hydrogen) atoms. The molecule has 1 aliphatic heterocycles. The second kappa shape index (κ2) is 8.66. The number of anilines is 1. The maximum absolute atomic E-state index is 12.9. The van der Waals surface area contributed by atoms with Crippen LogP contribution in [0.2, 0.25) is 0 Å². The van der Waals surface area contributed by atoms with E-state index in [0.717, 1.165) is 31.9 Å². The van der Waals surface area contributed by atoms with Gasteiger partial charge in [0.15, 0.2) is 0 Å². The highest BCUT2D eigenvalue weighted by atomic mass is 19.1. The summed E-state index contributed by atoms with van der Waals surface area (Å²) < 4.78 is 12.9. The van der Waals surface area contributed by atoms with Crippen LogP contribution >= 0.6 is 0 Å². The maximum Gasteiger partial charge on any atom is 0.272 e. The molecule has 1 fully saturated rings. The van der Waals surface area contributed by atoms with Gasteiger partial charge in [0.05, 0.1) is 19.0 Å². The minimum atomic E-state index is -0.623. The van der Waals surface area contributed by atoms with E-state index < -0.39 is 5.95 Å². The zero-order valence-electron chi connectivity index (χ0n) is 14.4. The van der Waals surface area contributed by atoms with Gasteiger partial charge < -0.3 is 15.3 Å². The van der Waals surface area contributed by atoms with Crippen molar-refractivity contribution in [2.24, 2.45) is 0 Å². The number of amides is 1. The highest BCUT2D eigenvalue weighted by Gasteiger charge is 2.23. The molecule has 1 aliphatic rings. The van der Waals surface area contributed by atoms with Crippen molar-refractivity contribution in [1.29, 1.82) is 0 Å². The van der Waals surface area contributed by atoms with Gasteiger partial charge in [-0.25, -0.2) is 9.97 Å². The second-order valence-corrected chi connectivity index (χ2v) is 6.38.